The molecule has 1 aromatic rings. The maximum Gasteiger partial charge on any atom is 0.416 e. The summed E-state index contributed by atoms with van der Waals surface area (Å²) in [6.45, 7) is 1.29. The van der Waals surface area contributed by atoms with E-state index >= 15 is 0 Å². The molecular weight excluding hydrogens is 205 g/mol. The van der Waals surface area contributed by atoms with Crippen molar-refractivity contribution in [2.24, 2.45) is 0 Å². The van der Waals surface area contributed by atoms with Crippen molar-refractivity contribution >= 4 is 5.57 Å². The van der Waals surface area contributed by atoms with Crippen molar-refractivity contribution < 1.29 is 18.3 Å². The van der Waals surface area contributed by atoms with Crippen molar-refractivity contribution in [1.29, 1.82) is 0 Å². The van der Waals surface area contributed by atoms with E-state index in [2.05, 4.69) is 0 Å². The Morgan fingerprint density at radius 2 is 1.80 bits per heavy atom. The van der Waals surface area contributed by atoms with E-state index in [0.29, 0.717) is 0 Å². The van der Waals surface area contributed by atoms with Crippen LogP contribution >= 0.6 is 0 Å². The lowest BCUT2D eigenvalue weighted by molar-refractivity contribution is -0.0694. The Morgan fingerprint density at radius 3 is 2.20 bits per heavy atom. The molecule has 15 heavy (non-hydrogen) atoms. The van der Waals surface area contributed by atoms with Crippen LogP contribution in [0.1, 0.15) is 12.5 Å². The van der Waals surface area contributed by atoms with Crippen molar-refractivity contribution in [1.82, 2.24) is 0 Å². The lowest BCUT2D eigenvalue weighted by Crippen LogP contribution is -2.13. The number of aliphatic hydroxyl groups excluding tert-OH is 1. The highest BCUT2D eigenvalue weighted by Gasteiger charge is 2.34. The van der Waals surface area contributed by atoms with Crippen molar-refractivity contribution in [3.63, 3.8) is 0 Å². The molecule has 0 aliphatic carbocycles. The fraction of sp³-hybridized carbons (Fsp3) is 0.273. The molecule has 0 radical (unpaired) electrons. The Labute approximate surface area is 85.9 Å². The van der Waals surface area contributed by atoms with Crippen molar-refractivity contribution in [3.05, 3.63) is 42.0 Å². The molecule has 4 heteroatoms. The van der Waals surface area contributed by atoms with Crippen LogP contribution in [0, 0.1) is 0 Å². The minimum Gasteiger partial charge on any atom is -0.389 e. The highest BCUT2D eigenvalue weighted by molar-refractivity contribution is 5.69. The minimum atomic E-state index is -4.45. The second kappa shape index (κ2) is 4.49. The summed E-state index contributed by atoms with van der Waals surface area (Å²) in [6, 6.07) is 7.41. The molecule has 0 bridgehead atoms. The number of hydrogen-bond acceptors (Lipinski definition) is 1. The molecule has 0 spiro atoms. The first-order valence-corrected chi connectivity index (χ1v) is 4.44. The molecule has 82 valence electrons. The summed E-state index contributed by atoms with van der Waals surface area (Å²) in [6.07, 6.45) is -4.77. The third-order valence-electron chi connectivity index (χ3n) is 1.80. The number of hydrogen-bond donors (Lipinski definition) is 1. The van der Waals surface area contributed by atoms with E-state index < -0.39 is 17.9 Å². The minimum absolute atomic E-state index is 0.0610. The summed E-state index contributed by atoms with van der Waals surface area (Å²) in [7, 11) is 0. The van der Waals surface area contributed by atoms with Crippen molar-refractivity contribution in [2.45, 2.75) is 19.2 Å². The van der Waals surface area contributed by atoms with E-state index in [1.165, 1.54) is 31.2 Å². The zero-order valence-electron chi connectivity index (χ0n) is 8.12. The van der Waals surface area contributed by atoms with E-state index in [1.54, 1.807) is 6.07 Å². The molecule has 1 aromatic carbocycles. The first-order chi connectivity index (χ1) is 6.91. The molecule has 0 amide bonds. The second-order valence-corrected chi connectivity index (χ2v) is 3.18. The molecule has 0 saturated carbocycles. The van der Waals surface area contributed by atoms with Gasteiger partial charge < -0.3 is 5.11 Å². The number of halogens is 3. The number of rotatable bonds is 2. The predicted octanol–water partition coefficient (Wildman–Crippen LogP) is 3.01. The SMILES string of the molecule is C[C@H](O)/C=C(\c1ccccc1)C(F)(F)F. The van der Waals surface area contributed by atoms with Crippen LogP contribution in [0.15, 0.2) is 36.4 Å². The van der Waals surface area contributed by atoms with Gasteiger partial charge in [-0.2, -0.15) is 13.2 Å². The number of benzene rings is 1. The zero-order chi connectivity index (χ0) is 11.5. The van der Waals surface area contributed by atoms with Crippen LogP contribution in [-0.4, -0.2) is 17.4 Å². The molecule has 0 unspecified atom stereocenters. The fourth-order valence-electron chi connectivity index (χ4n) is 1.21. The van der Waals surface area contributed by atoms with Crippen molar-refractivity contribution in [3.8, 4) is 0 Å². The highest BCUT2D eigenvalue weighted by Crippen LogP contribution is 2.33. The van der Waals surface area contributed by atoms with Gasteiger partial charge in [0.1, 0.15) is 0 Å². The van der Waals surface area contributed by atoms with Crippen LogP contribution in [0.4, 0.5) is 13.2 Å². The zero-order valence-corrected chi connectivity index (χ0v) is 8.12. The van der Waals surface area contributed by atoms with Gasteiger partial charge >= 0.3 is 6.18 Å². The van der Waals surface area contributed by atoms with E-state index in [4.69, 9.17) is 5.11 Å². The van der Waals surface area contributed by atoms with Gasteiger partial charge in [0, 0.05) is 0 Å². The first kappa shape index (κ1) is 11.8. The Bertz CT molecular complexity index is 339. The molecule has 0 aliphatic rings. The van der Waals surface area contributed by atoms with Gasteiger partial charge in [0.2, 0.25) is 0 Å². The number of alkyl halides is 3. The summed E-state index contributed by atoms with van der Waals surface area (Å²) in [5.74, 6) is 0. The van der Waals surface area contributed by atoms with Gasteiger partial charge in [-0.25, -0.2) is 0 Å². The van der Waals surface area contributed by atoms with E-state index in [1.807, 2.05) is 0 Å². The van der Waals surface area contributed by atoms with Crippen LogP contribution in [0.3, 0.4) is 0 Å². The Balaban J connectivity index is 3.15. The van der Waals surface area contributed by atoms with Crippen LogP contribution in [0.25, 0.3) is 5.57 Å². The normalized spacial score (nSPS) is 15.1. The molecule has 0 aromatic heterocycles. The van der Waals surface area contributed by atoms with Crippen LogP contribution in [0.5, 0.6) is 0 Å². The smallest absolute Gasteiger partial charge is 0.389 e. The molecular formula is C11H11F3O. The standard InChI is InChI=1S/C11H11F3O/c1-8(15)7-10(11(12,13)14)9-5-3-2-4-6-9/h2-8,15H,1H3/b10-7+/t8-/m0/s1. The van der Waals surface area contributed by atoms with Gasteiger partial charge in [0.25, 0.3) is 0 Å². The maximum absolute atomic E-state index is 12.6. The van der Waals surface area contributed by atoms with Gasteiger partial charge in [0.15, 0.2) is 0 Å². The van der Waals surface area contributed by atoms with Crippen molar-refractivity contribution in [2.75, 3.05) is 0 Å². The fourth-order valence-corrected chi connectivity index (χ4v) is 1.21. The quantitative estimate of drug-likeness (QED) is 0.805. The molecule has 1 N–H and O–H groups in total. The van der Waals surface area contributed by atoms with Gasteiger partial charge in [-0.3, -0.25) is 0 Å². The van der Waals surface area contributed by atoms with Gasteiger partial charge in [-0.15, -0.1) is 0 Å². The number of allylic oxidation sites excluding steroid dienone is 1. The largest absolute Gasteiger partial charge is 0.416 e. The third kappa shape index (κ3) is 3.40. The Morgan fingerprint density at radius 1 is 1.27 bits per heavy atom. The molecule has 0 heterocycles. The average molecular weight is 216 g/mol. The lowest BCUT2D eigenvalue weighted by atomic mass is 10.0. The van der Waals surface area contributed by atoms with E-state index in [0.717, 1.165) is 6.08 Å². The average Bonchev–Trinajstić information content (AvgIpc) is 2.14. The predicted molar refractivity (Wildman–Crippen MR) is 52.2 cm³/mol. The maximum atomic E-state index is 12.6. The molecule has 1 atom stereocenters. The third-order valence-corrected chi connectivity index (χ3v) is 1.80. The van der Waals surface area contributed by atoms with Crippen LogP contribution in [-0.2, 0) is 0 Å². The summed E-state index contributed by atoms with van der Waals surface area (Å²) in [5, 5.41) is 8.97. The van der Waals surface area contributed by atoms with Crippen LogP contribution < -0.4 is 0 Å². The highest BCUT2D eigenvalue weighted by atomic mass is 19.4. The molecule has 0 fully saturated rings. The summed E-state index contributed by atoms with van der Waals surface area (Å²) in [4.78, 5) is 0. The summed E-state index contributed by atoms with van der Waals surface area (Å²) >= 11 is 0. The van der Waals surface area contributed by atoms with Gasteiger partial charge in [-0.05, 0) is 18.6 Å². The van der Waals surface area contributed by atoms with E-state index in [-0.39, 0.29) is 5.56 Å². The lowest BCUT2D eigenvalue weighted by Gasteiger charge is -2.12. The Kier molecular flexibility index (Phi) is 3.52. The van der Waals surface area contributed by atoms with Gasteiger partial charge in [-0.1, -0.05) is 30.3 Å². The molecule has 1 nitrogen and oxygen atoms in total. The first-order valence-electron chi connectivity index (χ1n) is 4.44. The molecule has 1 rings (SSSR count). The van der Waals surface area contributed by atoms with Gasteiger partial charge in [0.05, 0.1) is 11.7 Å². The topological polar surface area (TPSA) is 20.2 Å². The summed E-state index contributed by atoms with van der Waals surface area (Å²) < 4.78 is 37.8. The monoisotopic (exact) mass is 216 g/mol. The second-order valence-electron chi connectivity index (χ2n) is 3.18. The Hall–Kier alpha value is -1.29. The number of aliphatic hydroxyl groups is 1. The molecule has 0 saturated heterocycles. The molecule has 0 aliphatic heterocycles. The van der Waals surface area contributed by atoms with E-state index in [9.17, 15) is 13.2 Å². The summed E-state index contributed by atoms with van der Waals surface area (Å²) in [5.41, 5.74) is -0.746. The van der Waals surface area contributed by atoms with Crippen LogP contribution in [0.2, 0.25) is 0 Å².